The van der Waals surface area contributed by atoms with Gasteiger partial charge in [0.1, 0.15) is 11.9 Å². The standard InChI is InChI=1S/C26H27ClN2O4S/c27-20-14-18(3-7-22(20)33-19-5-6-19)24(30)21(15-29-10-1-2-11-29)28-26(32)25(31)17-4-8-23-16(13-17)9-12-34-23/h3-4,7-9,12-14,19,21,24,30H,1-2,5-6,10-11,15H2,(H,28,32)/t21-,24-/m1/s1. The molecule has 0 radical (unpaired) electrons. The van der Waals surface area contributed by atoms with Crippen molar-refractivity contribution in [2.45, 2.75) is 43.9 Å². The van der Waals surface area contributed by atoms with E-state index in [0.29, 0.717) is 28.4 Å². The minimum atomic E-state index is -1.02. The van der Waals surface area contributed by atoms with Crippen LogP contribution in [0, 0.1) is 0 Å². The molecule has 1 aliphatic carbocycles. The summed E-state index contributed by atoms with van der Waals surface area (Å²) in [7, 11) is 0. The van der Waals surface area contributed by atoms with Crippen LogP contribution in [-0.4, -0.2) is 53.5 Å². The van der Waals surface area contributed by atoms with Crippen molar-refractivity contribution in [2.75, 3.05) is 19.6 Å². The summed E-state index contributed by atoms with van der Waals surface area (Å²) >= 11 is 7.99. The Labute approximate surface area is 207 Å². The molecule has 1 amide bonds. The lowest BCUT2D eigenvalue weighted by molar-refractivity contribution is -0.118. The monoisotopic (exact) mass is 498 g/mol. The number of likely N-dealkylation sites (tertiary alicyclic amines) is 1. The maximum absolute atomic E-state index is 13.0. The van der Waals surface area contributed by atoms with Crippen molar-refractivity contribution in [3.05, 3.63) is 64.0 Å². The zero-order valence-electron chi connectivity index (χ0n) is 18.7. The zero-order chi connectivity index (χ0) is 23.7. The number of nitrogens with zero attached hydrogens (tertiary/aromatic N) is 1. The van der Waals surface area contributed by atoms with Gasteiger partial charge in [0.15, 0.2) is 0 Å². The van der Waals surface area contributed by atoms with Gasteiger partial charge in [-0.15, -0.1) is 11.3 Å². The first-order chi connectivity index (χ1) is 16.5. The van der Waals surface area contributed by atoms with Crippen molar-refractivity contribution in [1.82, 2.24) is 10.2 Å². The maximum Gasteiger partial charge on any atom is 0.292 e. The molecule has 2 atom stereocenters. The largest absolute Gasteiger partial charge is 0.489 e. The highest BCUT2D eigenvalue weighted by atomic mass is 35.5. The van der Waals surface area contributed by atoms with E-state index in [-0.39, 0.29) is 6.10 Å². The molecule has 2 aromatic carbocycles. The van der Waals surface area contributed by atoms with E-state index in [0.717, 1.165) is 48.9 Å². The van der Waals surface area contributed by atoms with Gasteiger partial charge in [-0.05, 0) is 91.5 Å². The third-order valence-corrected chi connectivity index (χ3v) is 7.58. The molecule has 8 heteroatoms. The fourth-order valence-electron chi connectivity index (χ4n) is 4.34. The summed E-state index contributed by atoms with van der Waals surface area (Å²) in [6.07, 6.45) is 3.40. The van der Waals surface area contributed by atoms with Crippen molar-refractivity contribution < 1.29 is 19.4 Å². The topological polar surface area (TPSA) is 78.9 Å². The molecule has 3 aromatic rings. The van der Waals surface area contributed by atoms with E-state index in [4.69, 9.17) is 16.3 Å². The molecule has 2 fully saturated rings. The van der Waals surface area contributed by atoms with E-state index < -0.39 is 23.8 Å². The second-order valence-electron chi connectivity index (χ2n) is 9.04. The van der Waals surface area contributed by atoms with Gasteiger partial charge in [-0.2, -0.15) is 0 Å². The lowest BCUT2D eigenvalue weighted by atomic mass is 10.0. The third kappa shape index (κ3) is 5.28. The van der Waals surface area contributed by atoms with Gasteiger partial charge in [-0.3, -0.25) is 9.59 Å². The van der Waals surface area contributed by atoms with Gasteiger partial charge in [0.2, 0.25) is 5.78 Å². The molecule has 1 saturated carbocycles. The van der Waals surface area contributed by atoms with Crippen molar-refractivity contribution in [1.29, 1.82) is 0 Å². The Bertz CT molecular complexity index is 1200. The van der Waals surface area contributed by atoms with Crippen LogP contribution in [0.4, 0.5) is 0 Å². The number of carbonyl (C=O) groups is 2. The first-order valence-corrected chi connectivity index (χ1v) is 12.9. The highest BCUT2D eigenvalue weighted by molar-refractivity contribution is 7.17. The lowest BCUT2D eigenvalue weighted by Gasteiger charge is -2.28. The highest BCUT2D eigenvalue weighted by Gasteiger charge is 2.30. The molecule has 0 unspecified atom stereocenters. The van der Waals surface area contributed by atoms with Gasteiger partial charge in [-0.1, -0.05) is 17.7 Å². The van der Waals surface area contributed by atoms with Gasteiger partial charge in [0.05, 0.1) is 17.2 Å². The fourth-order valence-corrected chi connectivity index (χ4v) is 5.34. The molecular weight excluding hydrogens is 472 g/mol. The summed E-state index contributed by atoms with van der Waals surface area (Å²) in [5, 5.41) is 17.3. The number of nitrogens with one attached hydrogen (secondary N) is 1. The molecule has 2 heterocycles. The molecule has 0 spiro atoms. The summed E-state index contributed by atoms with van der Waals surface area (Å²) in [4.78, 5) is 28.1. The van der Waals surface area contributed by atoms with Gasteiger partial charge in [-0.25, -0.2) is 0 Å². The Hall–Kier alpha value is -2.45. The normalized spacial score (nSPS) is 18.1. The number of benzene rings is 2. The zero-order valence-corrected chi connectivity index (χ0v) is 20.3. The molecule has 1 aliphatic heterocycles. The first kappa shape index (κ1) is 23.3. The number of rotatable bonds is 9. The second-order valence-corrected chi connectivity index (χ2v) is 10.4. The second kappa shape index (κ2) is 10.0. The number of aliphatic hydroxyl groups is 1. The van der Waals surface area contributed by atoms with Crippen LogP contribution >= 0.6 is 22.9 Å². The highest BCUT2D eigenvalue weighted by Crippen LogP contribution is 2.34. The molecule has 2 aliphatic rings. The first-order valence-electron chi connectivity index (χ1n) is 11.7. The predicted molar refractivity (Wildman–Crippen MR) is 134 cm³/mol. The minimum Gasteiger partial charge on any atom is -0.489 e. The van der Waals surface area contributed by atoms with Crippen molar-refractivity contribution in [3.63, 3.8) is 0 Å². The molecule has 178 valence electrons. The van der Waals surface area contributed by atoms with Crippen molar-refractivity contribution >= 4 is 44.7 Å². The number of carbonyl (C=O) groups excluding carboxylic acids is 2. The number of Topliss-reactive ketones (excluding diaryl/α,β-unsaturated/α-hetero) is 1. The molecule has 1 aromatic heterocycles. The van der Waals surface area contributed by atoms with E-state index in [2.05, 4.69) is 10.2 Å². The number of hydrogen-bond donors (Lipinski definition) is 2. The Morgan fingerprint density at radius 2 is 1.94 bits per heavy atom. The quantitative estimate of drug-likeness (QED) is 0.333. The number of halogens is 1. The predicted octanol–water partition coefficient (Wildman–Crippen LogP) is 4.59. The number of ketones is 1. The molecule has 2 N–H and O–H groups in total. The van der Waals surface area contributed by atoms with Crippen molar-refractivity contribution in [2.24, 2.45) is 0 Å². The number of thiophene rings is 1. The van der Waals surface area contributed by atoms with E-state index in [9.17, 15) is 14.7 Å². The van der Waals surface area contributed by atoms with Gasteiger partial charge < -0.3 is 20.1 Å². The number of amides is 1. The number of ether oxygens (including phenoxy) is 1. The Balaban J connectivity index is 1.33. The van der Waals surface area contributed by atoms with Crippen LogP contribution in [0.15, 0.2) is 47.8 Å². The molecule has 6 nitrogen and oxygen atoms in total. The fraction of sp³-hybridized carbons (Fsp3) is 0.385. The van der Waals surface area contributed by atoms with Crippen LogP contribution in [-0.2, 0) is 4.79 Å². The van der Waals surface area contributed by atoms with Crippen LogP contribution in [0.5, 0.6) is 5.75 Å². The molecule has 5 rings (SSSR count). The van der Waals surface area contributed by atoms with E-state index >= 15 is 0 Å². The summed E-state index contributed by atoms with van der Waals surface area (Å²) in [5.74, 6) is -0.741. The summed E-state index contributed by atoms with van der Waals surface area (Å²) in [6.45, 7) is 2.25. The Kier molecular flexibility index (Phi) is 6.88. The minimum absolute atomic E-state index is 0.217. The molecule has 34 heavy (non-hydrogen) atoms. The summed E-state index contributed by atoms with van der Waals surface area (Å²) in [6, 6.07) is 11.7. The molecular formula is C26H27ClN2O4S. The Morgan fingerprint density at radius 3 is 2.68 bits per heavy atom. The summed E-state index contributed by atoms with van der Waals surface area (Å²) in [5.41, 5.74) is 0.909. The maximum atomic E-state index is 13.0. The van der Waals surface area contributed by atoms with Gasteiger partial charge in [0.25, 0.3) is 5.91 Å². The van der Waals surface area contributed by atoms with E-state index in [1.54, 1.807) is 41.7 Å². The lowest BCUT2D eigenvalue weighted by Crippen LogP contribution is -2.48. The average Bonchev–Trinajstić information content (AvgIpc) is 3.29. The summed E-state index contributed by atoms with van der Waals surface area (Å²) < 4.78 is 6.85. The van der Waals surface area contributed by atoms with Crippen LogP contribution < -0.4 is 10.1 Å². The SMILES string of the molecule is O=C(N[C@H](CN1CCCC1)[C@H](O)c1ccc(OC2CC2)c(Cl)c1)C(=O)c1ccc2sccc2c1. The van der Waals surface area contributed by atoms with Gasteiger partial charge in [0, 0.05) is 16.8 Å². The number of fused-ring (bicyclic) bond motifs is 1. The molecule has 0 bridgehead atoms. The average molecular weight is 499 g/mol. The Morgan fingerprint density at radius 1 is 1.15 bits per heavy atom. The van der Waals surface area contributed by atoms with E-state index in [1.807, 2.05) is 17.5 Å². The van der Waals surface area contributed by atoms with E-state index in [1.165, 1.54) is 0 Å². The number of hydrogen-bond acceptors (Lipinski definition) is 6. The smallest absolute Gasteiger partial charge is 0.292 e. The van der Waals surface area contributed by atoms with Crippen LogP contribution in [0.2, 0.25) is 5.02 Å². The van der Waals surface area contributed by atoms with Gasteiger partial charge >= 0.3 is 0 Å². The van der Waals surface area contributed by atoms with Crippen LogP contribution in [0.25, 0.3) is 10.1 Å². The number of aliphatic hydroxyl groups excluding tert-OH is 1. The van der Waals surface area contributed by atoms with Crippen LogP contribution in [0.3, 0.4) is 0 Å². The van der Waals surface area contributed by atoms with Crippen LogP contribution in [0.1, 0.15) is 47.7 Å². The molecule has 1 saturated heterocycles. The van der Waals surface area contributed by atoms with Crippen molar-refractivity contribution in [3.8, 4) is 5.75 Å². The third-order valence-electron chi connectivity index (χ3n) is 6.39.